The van der Waals surface area contributed by atoms with Gasteiger partial charge in [-0.3, -0.25) is 9.89 Å². The smallest absolute Gasteiger partial charge is 0.295 e. The fourth-order valence-electron chi connectivity index (χ4n) is 3.03. The number of hydrogen-bond donors (Lipinski definition) is 2. The Morgan fingerprint density at radius 3 is 3.11 bits per heavy atom. The SMILES string of the molecule is CNC(=O)C#Cc1cc(N2CCOC[C@H]2C)nc2c1cnn2-c1ccn[nH]1. The van der Waals surface area contributed by atoms with Crippen LogP contribution in [-0.2, 0) is 9.53 Å². The molecule has 3 aromatic heterocycles. The van der Waals surface area contributed by atoms with Gasteiger partial charge in [-0.05, 0) is 13.0 Å². The van der Waals surface area contributed by atoms with E-state index < -0.39 is 0 Å². The number of aromatic amines is 1. The lowest BCUT2D eigenvalue weighted by Gasteiger charge is -2.34. The van der Waals surface area contributed by atoms with Crippen LogP contribution in [0.25, 0.3) is 16.9 Å². The van der Waals surface area contributed by atoms with Gasteiger partial charge >= 0.3 is 0 Å². The summed E-state index contributed by atoms with van der Waals surface area (Å²) >= 11 is 0. The number of H-pyrrole nitrogens is 1. The highest BCUT2D eigenvalue weighted by molar-refractivity contribution is 5.95. The Morgan fingerprint density at radius 2 is 2.37 bits per heavy atom. The number of aromatic nitrogens is 5. The summed E-state index contributed by atoms with van der Waals surface area (Å²) in [5.74, 6) is 6.69. The zero-order valence-electron chi connectivity index (χ0n) is 15.1. The molecule has 138 valence electrons. The van der Waals surface area contributed by atoms with Crippen molar-refractivity contribution in [2.75, 3.05) is 31.7 Å². The van der Waals surface area contributed by atoms with Crippen LogP contribution in [0.4, 0.5) is 5.82 Å². The van der Waals surface area contributed by atoms with Crippen molar-refractivity contribution in [2.24, 2.45) is 0 Å². The van der Waals surface area contributed by atoms with Gasteiger partial charge in [0.05, 0.1) is 37.0 Å². The summed E-state index contributed by atoms with van der Waals surface area (Å²) in [6.07, 6.45) is 3.35. The second-order valence-corrected chi connectivity index (χ2v) is 6.21. The average Bonchev–Trinajstić information content (AvgIpc) is 3.35. The molecule has 2 N–H and O–H groups in total. The van der Waals surface area contributed by atoms with Crippen molar-refractivity contribution in [2.45, 2.75) is 13.0 Å². The van der Waals surface area contributed by atoms with E-state index in [2.05, 4.69) is 44.3 Å². The molecular weight excluding hydrogens is 346 g/mol. The van der Waals surface area contributed by atoms with Crippen LogP contribution in [0.5, 0.6) is 0 Å². The third kappa shape index (κ3) is 3.22. The van der Waals surface area contributed by atoms with Crippen LogP contribution in [-0.4, -0.2) is 63.7 Å². The zero-order valence-corrected chi connectivity index (χ0v) is 15.1. The Labute approximate surface area is 155 Å². The largest absolute Gasteiger partial charge is 0.377 e. The number of carbonyl (C=O) groups is 1. The van der Waals surface area contributed by atoms with Crippen LogP contribution in [0.2, 0.25) is 0 Å². The lowest BCUT2D eigenvalue weighted by Crippen LogP contribution is -2.44. The maximum atomic E-state index is 11.6. The van der Waals surface area contributed by atoms with Gasteiger partial charge in [0.2, 0.25) is 0 Å². The van der Waals surface area contributed by atoms with Crippen LogP contribution in [0.3, 0.4) is 0 Å². The number of nitrogens with one attached hydrogen (secondary N) is 2. The fraction of sp³-hybridized carbons (Fsp3) is 0.333. The molecule has 1 fully saturated rings. The van der Waals surface area contributed by atoms with Gasteiger partial charge in [-0.25, -0.2) is 4.98 Å². The van der Waals surface area contributed by atoms with E-state index in [9.17, 15) is 4.79 Å². The predicted molar refractivity (Wildman–Crippen MR) is 99.6 cm³/mol. The number of amides is 1. The third-order valence-electron chi connectivity index (χ3n) is 4.44. The number of anilines is 1. The number of hydrogen-bond acceptors (Lipinski definition) is 6. The molecule has 9 nitrogen and oxygen atoms in total. The molecule has 1 aliphatic rings. The second-order valence-electron chi connectivity index (χ2n) is 6.21. The van der Waals surface area contributed by atoms with E-state index in [0.29, 0.717) is 30.2 Å². The standard InChI is InChI=1S/C18H19N7O2/c1-12-11-27-8-7-24(12)16-9-13(3-4-17(26)19-2)14-10-21-25(18(14)22-16)15-5-6-20-23-15/h5-6,9-10,12H,7-8,11H2,1-2H3,(H,19,26)(H,20,23)/t12-/m1/s1. The minimum Gasteiger partial charge on any atom is -0.377 e. The summed E-state index contributed by atoms with van der Waals surface area (Å²) in [4.78, 5) is 18.6. The maximum absolute atomic E-state index is 11.6. The summed E-state index contributed by atoms with van der Waals surface area (Å²) in [6.45, 7) is 4.11. The zero-order chi connectivity index (χ0) is 18.8. The molecule has 3 aromatic rings. The molecule has 0 saturated carbocycles. The van der Waals surface area contributed by atoms with Crippen LogP contribution in [0.1, 0.15) is 12.5 Å². The predicted octanol–water partition coefficient (Wildman–Crippen LogP) is 0.466. The molecule has 0 unspecified atom stereocenters. The fourth-order valence-corrected chi connectivity index (χ4v) is 3.03. The number of morpholine rings is 1. The second kappa shape index (κ2) is 7.09. The van der Waals surface area contributed by atoms with Gasteiger partial charge in [0.25, 0.3) is 5.91 Å². The van der Waals surface area contributed by atoms with E-state index in [4.69, 9.17) is 9.72 Å². The van der Waals surface area contributed by atoms with Crippen LogP contribution < -0.4 is 10.2 Å². The molecule has 1 amide bonds. The van der Waals surface area contributed by atoms with Gasteiger partial charge < -0.3 is 15.0 Å². The molecule has 9 heteroatoms. The van der Waals surface area contributed by atoms with Gasteiger partial charge in [0.15, 0.2) is 11.5 Å². The van der Waals surface area contributed by atoms with Gasteiger partial charge in [-0.2, -0.15) is 14.9 Å². The van der Waals surface area contributed by atoms with E-state index in [0.717, 1.165) is 17.7 Å². The highest BCUT2D eigenvalue weighted by atomic mass is 16.5. The van der Waals surface area contributed by atoms with E-state index in [1.165, 1.54) is 0 Å². The first kappa shape index (κ1) is 17.1. The van der Waals surface area contributed by atoms with Crippen LogP contribution >= 0.6 is 0 Å². The number of rotatable bonds is 2. The van der Waals surface area contributed by atoms with E-state index in [1.807, 2.05) is 12.1 Å². The average molecular weight is 365 g/mol. The summed E-state index contributed by atoms with van der Waals surface area (Å²) in [6, 6.07) is 3.90. The first-order valence-electron chi connectivity index (χ1n) is 8.64. The highest BCUT2D eigenvalue weighted by Crippen LogP contribution is 2.26. The van der Waals surface area contributed by atoms with Crippen molar-refractivity contribution in [1.29, 1.82) is 0 Å². The Balaban J connectivity index is 1.89. The third-order valence-corrected chi connectivity index (χ3v) is 4.44. The Kier molecular flexibility index (Phi) is 4.48. The van der Waals surface area contributed by atoms with Crippen molar-refractivity contribution in [3.63, 3.8) is 0 Å². The van der Waals surface area contributed by atoms with Crippen LogP contribution in [0, 0.1) is 11.8 Å². The van der Waals surface area contributed by atoms with E-state index in [1.54, 1.807) is 24.1 Å². The summed E-state index contributed by atoms with van der Waals surface area (Å²) in [7, 11) is 1.55. The molecule has 27 heavy (non-hydrogen) atoms. The van der Waals surface area contributed by atoms with Gasteiger partial charge in [-0.1, -0.05) is 5.92 Å². The number of ether oxygens (including phenoxy) is 1. The molecule has 1 atom stereocenters. The lowest BCUT2D eigenvalue weighted by atomic mass is 10.1. The minimum atomic E-state index is -0.345. The maximum Gasteiger partial charge on any atom is 0.295 e. The number of pyridine rings is 1. The Bertz CT molecular complexity index is 1030. The quantitative estimate of drug-likeness (QED) is 0.640. The summed E-state index contributed by atoms with van der Waals surface area (Å²) < 4.78 is 7.21. The minimum absolute atomic E-state index is 0.187. The number of fused-ring (bicyclic) bond motifs is 1. The van der Waals surface area contributed by atoms with Crippen LogP contribution in [0.15, 0.2) is 24.5 Å². The Morgan fingerprint density at radius 1 is 1.48 bits per heavy atom. The lowest BCUT2D eigenvalue weighted by molar-refractivity contribution is -0.115. The van der Waals surface area contributed by atoms with Crippen molar-refractivity contribution < 1.29 is 9.53 Å². The first-order valence-corrected chi connectivity index (χ1v) is 8.64. The molecule has 4 heterocycles. The number of carbonyl (C=O) groups excluding carboxylic acids is 1. The molecule has 1 saturated heterocycles. The van der Waals surface area contributed by atoms with E-state index >= 15 is 0 Å². The molecule has 0 aromatic carbocycles. The molecule has 0 bridgehead atoms. The molecule has 1 aliphatic heterocycles. The normalized spacial score (nSPS) is 16.8. The molecule has 0 aliphatic carbocycles. The van der Waals surface area contributed by atoms with Gasteiger partial charge in [-0.15, -0.1) is 0 Å². The molecule has 0 radical (unpaired) electrons. The summed E-state index contributed by atoms with van der Waals surface area (Å²) in [5.41, 5.74) is 1.35. The summed E-state index contributed by atoms with van der Waals surface area (Å²) in [5, 5.41) is 14.6. The monoisotopic (exact) mass is 365 g/mol. The van der Waals surface area contributed by atoms with Crippen molar-refractivity contribution in [3.8, 4) is 17.7 Å². The van der Waals surface area contributed by atoms with Crippen molar-refractivity contribution in [3.05, 3.63) is 30.1 Å². The van der Waals surface area contributed by atoms with Crippen molar-refractivity contribution >= 4 is 22.8 Å². The number of nitrogens with zero attached hydrogens (tertiary/aromatic N) is 5. The van der Waals surface area contributed by atoms with Crippen molar-refractivity contribution in [1.82, 2.24) is 30.3 Å². The molecular formula is C18H19N7O2. The first-order chi connectivity index (χ1) is 13.2. The van der Waals surface area contributed by atoms with E-state index in [-0.39, 0.29) is 11.9 Å². The molecule has 4 rings (SSSR count). The Hall–Kier alpha value is -3.38. The molecule has 0 spiro atoms. The van der Waals surface area contributed by atoms with Gasteiger partial charge in [0, 0.05) is 31.1 Å². The topological polar surface area (TPSA) is 101 Å². The highest BCUT2D eigenvalue weighted by Gasteiger charge is 2.22. The van der Waals surface area contributed by atoms with Gasteiger partial charge in [0.1, 0.15) is 5.82 Å².